The number of aryl methyl sites for hydroxylation is 1. The first kappa shape index (κ1) is 24.6. The van der Waals surface area contributed by atoms with Gasteiger partial charge >= 0.3 is 12.2 Å². The normalized spacial score (nSPS) is 11.6. The van der Waals surface area contributed by atoms with Crippen LogP contribution in [0.15, 0.2) is 55.4 Å². The molecule has 0 aliphatic carbocycles. The molecule has 4 aromatic heterocycles. The number of thiophene rings is 1. The molecular formula is C23H19F3N8OS2. The number of fused-ring (bicyclic) bond motifs is 1. The predicted octanol–water partition coefficient (Wildman–Crippen LogP) is 5.87. The molecule has 4 heterocycles. The quantitative estimate of drug-likeness (QED) is 0.237. The number of hydrogen-bond donors (Lipinski definition) is 3. The van der Waals surface area contributed by atoms with Gasteiger partial charge < -0.3 is 15.2 Å². The number of nitrogens with one attached hydrogen (secondary N) is 3. The summed E-state index contributed by atoms with van der Waals surface area (Å²) in [6.45, 7) is 0.570. The van der Waals surface area contributed by atoms with E-state index >= 15 is 0 Å². The first-order valence-electron chi connectivity index (χ1n) is 10.9. The van der Waals surface area contributed by atoms with E-state index in [9.17, 15) is 18.0 Å². The van der Waals surface area contributed by atoms with Gasteiger partial charge in [0.15, 0.2) is 5.13 Å². The molecule has 37 heavy (non-hydrogen) atoms. The monoisotopic (exact) mass is 544 g/mol. The second-order valence-electron chi connectivity index (χ2n) is 7.94. The van der Waals surface area contributed by atoms with Crippen molar-refractivity contribution in [2.24, 2.45) is 7.05 Å². The van der Waals surface area contributed by atoms with Crippen LogP contribution >= 0.6 is 22.7 Å². The molecule has 0 spiro atoms. The number of carbonyl (C=O) groups is 1. The summed E-state index contributed by atoms with van der Waals surface area (Å²) in [5.74, 6) is 0.723. The highest BCUT2D eigenvalue weighted by molar-refractivity contribution is 7.22. The van der Waals surface area contributed by atoms with E-state index in [1.807, 2.05) is 23.9 Å². The number of amides is 2. The lowest BCUT2D eigenvalue weighted by Gasteiger charge is -2.09. The summed E-state index contributed by atoms with van der Waals surface area (Å²) < 4.78 is 41.4. The third-order valence-electron chi connectivity index (χ3n) is 5.15. The lowest BCUT2D eigenvalue weighted by Crippen LogP contribution is -2.19. The van der Waals surface area contributed by atoms with Crippen molar-refractivity contribution < 1.29 is 18.0 Å². The van der Waals surface area contributed by atoms with Gasteiger partial charge in [0, 0.05) is 43.0 Å². The van der Waals surface area contributed by atoms with Crippen LogP contribution in [0.2, 0.25) is 0 Å². The van der Waals surface area contributed by atoms with Crippen molar-refractivity contribution >= 4 is 55.6 Å². The zero-order chi connectivity index (χ0) is 26.0. The molecule has 190 valence electrons. The maximum Gasteiger partial charge on any atom is 0.416 e. The Morgan fingerprint density at radius 1 is 1.08 bits per heavy atom. The van der Waals surface area contributed by atoms with Crippen LogP contribution in [0.4, 0.5) is 34.6 Å². The molecule has 0 atom stereocenters. The molecule has 0 bridgehead atoms. The molecule has 5 aromatic rings. The third-order valence-corrected chi connectivity index (χ3v) is 7.28. The fourth-order valence-electron chi connectivity index (χ4n) is 3.46. The van der Waals surface area contributed by atoms with Gasteiger partial charge in [-0.2, -0.15) is 13.2 Å². The molecule has 0 radical (unpaired) electrons. The molecule has 0 aliphatic heterocycles. The van der Waals surface area contributed by atoms with Gasteiger partial charge in [0.1, 0.15) is 12.1 Å². The van der Waals surface area contributed by atoms with Gasteiger partial charge in [0.05, 0.1) is 32.7 Å². The van der Waals surface area contributed by atoms with Crippen molar-refractivity contribution in [2.45, 2.75) is 12.6 Å². The summed E-state index contributed by atoms with van der Waals surface area (Å²) in [6, 6.07) is 5.73. The summed E-state index contributed by atoms with van der Waals surface area (Å²) in [7, 11) is 1.92. The molecule has 14 heteroatoms. The Labute approximate surface area is 216 Å². The molecule has 0 saturated carbocycles. The average Bonchev–Trinajstić information content (AvgIpc) is 3.58. The number of imidazole rings is 1. The van der Waals surface area contributed by atoms with Crippen LogP contribution < -0.4 is 16.0 Å². The molecule has 5 rings (SSSR count). The molecule has 0 fully saturated rings. The summed E-state index contributed by atoms with van der Waals surface area (Å²) in [5, 5.41) is 8.61. The number of carbonyl (C=O) groups excluding carboxylic acids is 1. The molecule has 3 N–H and O–H groups in total. The van der Waals surface area contributed by atoms with Crippen molar-refractivity contribution in [3.05, 3.63) is 65.8 Å². The minimum absolute atomic E-state index is 0.0317. The van der Waals surface area contributed by atoms with Crippen molar-refractivity contribution in [2.75, 3.05) is 22.5 Å². The second kappa shape index (κ2) is 10.1. The Morgan fingerprint density at radius 3 is 2.73 bits per heavy atom. The lowest BCUT2D eigenvalue weighted by molar-refractivity contribution is -0.137. The number of alkyl halides is 3. The molecular weight excluding hydrogens is 525 g/mol. The largest absolute Gasteiger partial charge is 0.416 e. The molecule has 0 aliphatic rings. The second-order valence-corrected chi connectivity index (χ2v) is 10.1. The molecule has 9 nitrogen and oxygen atoms in total. The van der Waals surface area contributed by atoms with E-state index in [1.165, 1.54) is 29.8 Å². The van der Waals surface area contributed by atoms with Crippen molar-refractivity contribution in [1.82, 2.24) is 24.5 Å². The smallest absolute Gasteiger partial charge is 0.368 e. The maximum atomic E-state index is 12.9. The predicted molar refractivity (Wildman–Crippen MR) is 138 cm³/mol. The number of rotatable bonds is 7. The number of thiazole rings is 1. The first-order valence-corrected chi connectivity index (χ1v) is 12.5. The Morgan fingerprint density at radius 2 is 1.95 bits per heavy atom. The molecule has 0 unspecified atom stereocenters. The Hall–Kier alpha value is -4.04. The van der Waals surface area contributed by atoms with E-state index in [4.69, 9.17) is 0 Å². The van der Waals surface area contributed by atoms with E-state index in [1.54, 1.807) is 23.9 Å². The Kier molecular flexibility index (Phi) is 6.76. The molecule has 1 aromatic carbocycles. The number of benzene rings is 1. The van der Waals surface area contributed by atoms with Crippen LogP contribution in [-0.4, -0.2) is 37.1 Å². The highest BCUT2D eigenvalue weighted by atomic mass is 32.1. The topological polar surface area (TPSA) is 110 Å². The lowest BCUT2D eigenvalue weighted by atomic mass is 10.2. The van der Waals surface area contributed by atoms with Crippen LogP contribution in [0.3, 0.4) is 0 Å². The summed E-state index contributed by atoms with van der Waals surface area (Å²) >= 11 is 2.84. The first-order chi connectivity index (χ1) is 17.7. The zero-order valence-corrected chi connectivity index (χ0v) is 20.8. The third kappa shape index (κ3) is 5.86. The number of halogens is 3. The van der Waals surface area contributed by atoms with Gasteiger partial charge in [-0.25, -0.2) is 24.7 Å². The highest BCUT2D eigenvalue weighted by Crippen LogP contribution is 2.35. The van der Waals surface area contributed by atoms with Crippen LogP contribution in [-0.2, 0) is 19.6 Å². The zero-order valence-electron chi connectivity index (χ0n) is 19.2. The number of anilines is 3. The highest BCUT2D eigenvalue weighted by Gasteiger charge is 2.30. The Bertz CT molecular complexity index is 1560. The maximum absolute atomic E-state index is 12.9. The van der Waals surface area contributed by atoms with Crippen molar-refractivity contribution in [3.63, 3.8) is 0 Å². The fraction of sp³-hybridized carbons (Fsp3) is 0.174. The molecule has 2 amide bonds. The van der Waals surface area contributed by atoms with E-state index in [0.29, 0.717) is 18.1 Å². The van der Waals surface area contributed by atoms with Gasteiger partial charge in [0.2, 0.25) is 0 Å². The average molecular weight is 545 g/mol. The van der Waals surface area contributed by atoms with Gasteiger partial charge in [-0.15, -0.1) is 22.7 Å². The molecule has 0 saturated heterocycles. The van der Waals surface area contributed by atoms with Gasteiger partial charge in [-0.3, -0.25) is 5.32 Å². The summed E-state index contributed by atoms with van der Waals surface area (Å²) in [6.07, 6.45) is 2.98. The van der Waals surface area contributed by atoms with Crippen molar-refractivity contribution in [3.8, 4) is 10.6 Å². The SMILES string of the molecule is Cn1cnc(-c2cc3ncnc(NCCc4cnc(NC(=O)Nc5cccc(C(F)(F)F)c5)s4)c3s2)c1. The Balaban J connectivity index is 1.17. The van der Waals surface area contributed by atoms with Crippen LogP contribution in [0.1, 0.15) is 10.4 Å². The van der Waals surface area contributed by atoms with Crippen LogP contribution in [0.25, 0.3) is 20.8 Å². The van der Waals surface area contributed by atoms with E-state index in [-0.39, 0.29) is 5.69 Å². The van der Waals surface area contributed by atoms with Gasteiger partial charge in [0.25, 0.3) is 0 Å². The minimum atomic E-state index is -4.49. The summed E-state index contributed by atoms with van der Waals surface area (Å²) in [5.41, 5.74) is 0.896. The van der Waals surface area contributed by atoms with E-state index in [0.717, 1.165) is 43.6 Å². The van der Waals surface area contributed by atoms with Gasteiger partial charge in [-0.1, -0.05) is 6.07 Å². The van der Waals surface area contributed by atoms with Crippen LogP contribution in [0.5, 0.6) is 0 Å². The van der Waals surface area contributed by atoms with Crippen LogP contribution in [0, 0.1) is 0 Å². The number of aromatic nitrogens is 5. The number of urea groups is 1. The van der Waals surface area contributed by atoms with E-state index in [2.05, 4.69) is 35.9 Å². The van der Waals surface area contributed by atoms with Gasteiger partial charge in [-0.05, 0) is 24.3 Å². The standard InChI is InChI=1S/C23H19F3N8OS2/c1-34-10-17(31-12-34)18-8-16-19(37-18)20(30-11-29-16)27-6-5-15-9-28-22(36-15)33-21(35)32-14-4-2-3-13(7-14)23(24,25)26/h2-4,7-12H,5-6H2,1H3,(H,27,29,30)(H2,28,32,33,35). The summed E-state index contributed by atoms with van der Waals surface area (Å²) in [4.78, 5) is 31.4. The minimum Gasteiger partial charge on any atom is -0.368 e. The van der Waals surface area contributed by atoms with Crippen molar-refractivity contribution in [1.29, 1.82) is 0 Å². The number of hydrogen-bond acceptors (Lipinski definition) is 8. The fourth-order valence-corrected chi connectivity index (χ4v) is 5.31. The number of nitrogens with zero attached hydrogens (tertiary/aromatic N) is 5. The van der Waals surface area contributed by atoms with E-state index < -0.39 is 17.8 Å².